The van der Waals surface area contributed by atoms with Gasteiger partial charge in [0.25, 0.3) is 0 Å². The first-order valence-corrected chi connectivity index (χ1v) is 13.1. The van der Waals surface area contributed by atoms with Crippen molar-refractivity contribution in [3.05, 3.63) is 0 Å². The molecular formula is O12P4S4-12. The minimum Gasteiger partial charge on any atom is -0.844 e. The van der Waals surface area contributed by atoms with Gasteiger partial charge in [0, 0.05) is 0 Å². The van der Waals surface area contributed by atoms with Crippen LogP contribution in [-0.2, 0) is 47.2 Å². The molecule has 0 bridgehead atoms. The zero-order valence-electron chi connectivity index (χ0n) is 8.32. The van der Waals surface area contributed by atoms with Gasteiger partial charge in [0.1, 0.15) is 0 Å². The maximum Gasteiger partial charge on any atom is -0.151 e. The summed E-state index contributed by atoms with van der Waals surface area (Å²) in [6.07, 6.45) is 0. The van der Waals surface area contributed by atoms with Crippen molar-refractivity contribution in [1.82, 2.24) is 0 Å². The van der Waals surface area contributed by atoms with Gasteiger partial charge in [0.05, 0.1) is 0 Å². The van der Waals surface area contributed by atoms with Gasteiger partial charge in [-0.15, -0.1) is 0 Å². The van der Waals surface area contributed by atoms with Crippen LogP contribution in [-0.4, -0.2) is 0 Å². The van der Waals surface area contributed by atoms with Crippen molar-refractivity contribution in [3.63, 3.8) is 0 Å². The second-order valence-electron chi connectivity index (χ2n) is 1.79. The fraction of sp³-hybridized carbons (Fsp3) is 0. The van der Waals surface area contributed by atoms with Crippen LogP contribution in [0.3, 0.4) is 0 Å². The van der Waals surface area contributed by atoms with Crippen molar-refractivity contribution < 1.29 is 58.7 Å². The lowest BCUT2D eigenvalue weighted by molar-refractivity contribution is -0.413. The summed E-state index contributed by atoms with van der Waals surface area (Å²) < 4.78 is 0. The van der Waals surface area contributed by atoms with Gasteiger partial charge in [-0.25, -0.2) is 0 Å². The van der Waals surface area contributed by atoms with Gasteiger partial charge >= 0.3 is 0 Å². The molecule has 0 atom stereocenters. The molecule has 0 heterocycles. The van der Waals surface area contributed by atoms with Crippen LogP contribution >= 0.6 is 26.9 Å². The van der Waals surface area contributed by atoms with Gasteiger partial charge in [-0.05, 0) is 0 Å². The SMILES string of the molecule is [O-]P([O-])([O-])=S.[O-]P([O-])([O-])=S.[O-]P([O-])([O-])=S.[O-]P([O-])([O-])=S. The van der Waals surface area contributed by atoms with Crippen LogP contribution < -0.4 is 58.7 Å². The zero-order chi connectivity index (χ0) is 18.0. The van der Waals surface area contributed by atoms with Gasteiger partial charge in [-0.1, -0.05) is 0 Å². The second-order valence-corrected chi connectivity index (χ2v) is 10.7. The van der Waals surface area contributed by atoms with E-state index in [9.17, 15) is 0 Å². The zero-order valence-corrected chi connectivity index (χ0v) is 15.2. The Morgan fingerprint density at radius 3 is 0.300 bits per heavy atom. The van der Waals surface area contributed by atoms with E-state index in [1.807, 2.05) is 0 Å². The van der Waals surface area contributed by atoms with Crippen molar-refractivity contribution >= 4 is 74.1 Å². The Morgan fingerprint density at radius 2 is 0.300 bits per heavy atom. The minimum absolute atomic E-state index is 3.27. The molecular weight excluding hydrogens is 444 g/mol. The van der Waals surface area contributed by atoms with E-state index in [4.69, 9.17) is 58.7 Å². The maximum absolute atomic E-state index is 8.92. The third-order valence-corrected chi connectivity index (χ3v) is 0. The topological polar surface area (TPSA) is 277 Å². The average Bonchev–Trinajstić information content (AvgIpc) is 1.62. The summed E-state index contributed by atoms with van der Waals surface area (Å²) >= 11 is 13.1. The highest BCUT2D eigenvalue weighted by Crippen LogP contribution is 2.05. The average molecular weight is 444 g/mol. The van der Waals surface area contributed by atoms with Crippen molar-refractivity contribution in [2.24, 2.45) is 0 Å². The predicted octanol–water partition coefficient (Wildman–Crippen LogP) is -10.8. The monoisotopic (exact) mass is 444 g/mol. The van der Waals surface area contributed by atoms with Crippen molar-refractivity contribution in [3.8, 4) is 0 Å². The number of rotatable bonds is 0. The highest BCUT2D eigenvalue weighted by Gasteiger charge is 1.38. The van der Waals surface area contributed by atoms with E-state index >= 15 is 0 Å². The summed E-state index contributed by atoms with van der Waals surface area (Å²) in [5.74, 6) is 0. The Bertz CT molecular complexity index is 292. The first-order valence-electron chi connectivity index (χ1n) is 2.92. The number of hydrogen-bond donors (Lipinski definition) is 0. The highest BCUT2D eigenvalue weighted by atomic mass is 32.5. The molecule has 0 saturated carbocycles. The normalized spacial score (nSPS) is 11.8. The van der Waals surface area contributed by atoms with E-state index in [-0.39, 0.29) is 0 Å². The molecule has 0 aromatic carbocycles. The van der Waals surface area contributed by atoms with Gasteiger partial charge in [0.2, 0.25) is 0 Å². The highest BCUT2D eigenvalue weighted by molar-refractivity contribution is 8.05. The molecule has 0 unspecified atom stereocenters. The first-order chi connectivity index (χ1) is 8.00. The Kier molecular flexibility index (Phi) is 18.8. The molecule has 0 amide bonds. The molecule has 20 heavy (non-hydrogen) atoms. The van der Waals surface area contributed by atoms with E-state index in [1.165, 1.54) is 0 Å². The molecule has 0 aliphatic carbocycles. The van der Waals surface area contributed by atoms with E-state index in [1.54, 1.807) is 0 Å². The smallest absolute Gasteiger partial charge is 0.151 e. The molecule has 128 valence electrons. The molecule has 0 radical (unpaired) electrons. The first kappa shape index (κ1) is 30.1. The van der Waals surface area contributed by atoms with Gasteiger partial charge < -0.3 is 85.6 Å². The minimum atomic E-state index is -4.56. The maximum atomic E-state index is 8.92. The van der Waals surface area contributed by atoms with Gasteiger partial charge in [-0.3, -0.25) is 0 Å². The largest absolute Gasteiger partial charge is 0.844 e. The summed E-state index contributed by atoms with van der Waals surface area (Å²) in [4.78, 5) is 107. The van der Waals surface area contributed by atoms with Crippen LogP contribution in [0.15, 0.2) is 0 Å². The van der Waals surface area contributed by atoms with Gasteiger partial charge in [0.15, 0.2) is 0 Å². The molecule has 12 nitrogen and oxygen atoms in total. The fourth-order valence-electron chi connectivity index (χ4n) is 0. The molecule has 0 N–H and O–H groups in total. The Labute approximate surface area is 132 Å². The summed E-state index contributed by atoms with van der Waals surface area (Å²) in [6.45, 7) is -18.2. The number of hydrogen-bond acceptors (Lipinski definition) is 16. The van der Waals surface area contributed by atoms with Crippen molar-refractivity contribution in [2.45, 2.75) is 0 Å². The van der Waals surface area contributed by atoms with Crippen LogP contribution in [0.25, 0.3) is 0 Å². The third-order valence-electron chi connectivity index (χ3n) is 0. The Morgan fingerprint density at radius 1 is 0.300 bits per heavy atom. The van der Waals surface area contributed by atoms with Gasteiger partial charge in [-0.2, -0.15) is 47.2 Å². The molecule has 0 aromatic rings. The fourth-order valence-corrected chi connectivity index (χ4v) is 0. The van der Waals surface area contributed by atoms with E-state index < -0.39 is 26.9 Å². The van der Waals surface area contributed by atoms with Crippen LogP contribution in [0, 0.1) is 0 Å². The van der Waals surface area contributed by atoms with E-state index in [0.29, 0.717) is 0 Å². The van der Waals surface area contributed by atoms with Crippen LogP contribution in [0.1, 0.15) is 0 Å². The van der Waals surface area contributed by atoms with Crippen LogP contribution in [0.5, 0.6) is 0 Å². The lowest BCUT2D eigenvalue weighted by Gasteiger charge is -2.43. The summed E-state index contributed by atoms with van der Waals surface area (Å²) in [5, 5.41) is 0. The quantitative estimate of drug-likeness (QED) is 0.313. The molecule has 0 rings (SSSR count). The second kappa shape index (κ2) is 12.5. The van der Waals surface area contributed by atoms with Crippen LogP contribution in [0.4, 0.5) is 0 Å². The molecule has 0 aliphatic rings. The molecule has 0 spiro atoms. The lowest BCUT2D eigenvalue weighted by atomic mass is 15.8. The van der Waals surface area contributed by atoms with Crippen LogP contribution in [0.2, 0.25) is 0 Å². The summed E-state index contributed by atoms with van der Waals surface area (Å²) in [5.41, 5.74) is 0. The predicted molar refractivity (Wildman–Crippen MR) is 57.1 cm³/mol. The third kappa shape index (κ3) is 1640. The lowest BCUT2D eigenvalue weighted by Crippen LogP contribution is -2.23. The van der Waals surface area contributed by atoms with Crippen molar-refractivity contribution in [2.75, 3.05) is 0 Å². The summed E-state index contributed by atoms with van der Waals surface area (Å²) in [7, 11) is 0. The standard InChI is InChI=1S/4H3O3PS/c4*1-4(2,3)5/h4*(H3,1,2,3,5)/p-12. The van der Waals surface area contributed by atoms with E-state index in [2.05, 4.69) is 47.2 Å². The molecule has 0 saturated heterocycles. The Hall–Kier alpha value is 2.12. The molecule has 20 heteroatoms. The molecule has 0 fully saturated rings. The summed E-state index contributed by atoms with van der Waals surface area (Å²) in [6, 6.07) is 0. The van der Waals surface area contributed by atoms with E-state index in [0.717, 1.165) is 0 Å². The molecule has 0 aromatic heterocycles. The molecule has 0 aliphatic heterocycles. The van der Waals surface area contributed by atoms with Crippen molar-refractivity contribution in [1.29, 1.82) is 0 Å². The Balaban J connectivity index is -0.0000000853.